The van der Waals surface area contributed by atoms with Crippen LogP contribution < -0.4 is 10.6 Å². The lowest BCUT2D eigenvalue weighted by Gasteiger charge is -2.39. The Kier molecular flexibility index (Phi) is 3.69. The van der Waals surface area contributed by atoms with Gasteiger partial charge in [-0.1, -0.05) is 19.1 Å². The van der Waals surface area contributed by atoms with Crippen molar-refractivity contribution in [3.8, 4) is 0 Å². The highest BCUT2D eigenvalue weighted by Gasteiger charge is 2.29. The van der Waals surface area contributed by atoms with E-state index >= 15 is 0 Å². The largest absolute Gasteiger partial charge is 0.394 e. The maximum Gasteiger partial charge on any atom is 0.0612 e. The number of anilines is 1. The predicted molar refractivity (Wildman–Crippen MR) is 71.3 cm³/mol. The van der Waals surface area contributed by atoms with Gasteiger partial charge >= 0.3 is 0 Å². The number of hydrogen-bond acceptors (Lipinski definition) is 3. The first-order valence-corrected chi connectivity index (χ1v) is 6.40. The molecule has 94 valence electrons. The normalized spacial score (nSPS) is 19.4. The van der Waals surface area contributed by atoms with Gasteiger partial charge in [0, 0.05) is 24.3 Å². The van der Waals surface area contributed by atoms with Crippen molar-refractivity contribution in [1.29, 1.82) is 0 Å². The van der Waals surface area contributed by atoms with Gasteiger partial charge in [-0.25, -0.2) is 0 Å². The van der Waals surface area contributed by atoms with E-state index in [1.807, 2.05) is 0 Å². The Hall–Kier alpha value is -1.06. The molecule has 0 spiro atoms. The standard InChI is InChI=1S/C14H22N2O/c1-2-12-3-5-13(6-4-12)16-9-7-14(15,11-17)8-10-16/h3-6,17H,2,7-11,15H2,1H3. The average Bonchev–Trinajstić information content (AvgIpc) is 2.40. The molecule has 1 aliphatic heterocycles. The first kappa shape index (κ1) is 12.4. The van der Waals surface area contributed by atoms with Crippen LogP contribution in [0.1, 0.15) is 25.3 Å². The molecule has 0 saturated carbocycles. The smallest absolute Gasteiger partial charge is 0.0612 e. The highest BCUT2D eigenvalue weighted by Crippen LogP contribution is 2.24. The second kappa shape index (κ2) is 5.07. The van der Waals surface area contributed by atoms with E-state index in [-0.39, 0.29) is 12.1 Å². The number of piperidine rings is 1. The first-order valence-electron chi connectivity index (χ1n) is 6.40. The molecule has 3 N–H and O–H groups in total. The van der Waals surface area contributed by atoms with Crippen molar-refractivity contribution in [3.05, 3.63) is 29.8 Å². The zero-order chi connectivity index (χ0) is 12.3. The van der Waals surface area contributed by atoms with Gasteiger partial charge in [0.25, 0.3) is 0 Å². The third-order valence-electron chi connectivity index (χ3n) is 3.78. The van der Waals surface area contributed by atoms with Crippen LogP contribution in [0.15, 0.2) is 24.3 Å². The Labute approximate surface area is 103 Å². The molecule has 0 aromatic heterocycles. The SMILES string of the molecule is CCc1ccc(N2CCC(N)(CO)CC2)cc1. The lowest BCUT2D eigenvalue weighted by atomic mass is 9.89. The van der Waals surface area contributed by atoms with Crippen molar-refractivity contribution in [3.63, 3.8) is 0 Å². The summed E-state index contributed by atoms with van der Waals surface area (Å²) >= 11 is 0. The predicted octanol–water partition coefficient (Wildman–Crippen LogP) is 1.54. The van der Waals surface area contributed by atoms with Crippen molar-refractivity contribution in [2.75, 3.05) is 24.6 Å². The fourth-order valence-electron chi connectivity index (χ4n) is 2.31. The Morgan fingerprint density at radius 1 is 1.24 bits per heavy atom. The van der Waals surface area contributed by atoms with Crippen LogP contribution in [0.5, 0.6) is 0 Å². The van der Waals surface area contributed by atoms with Crippen molar-refractivity contribution in [2.24, 2.45) is 5.73 Å². The fourth-order valence-corrected chi connectivity index (χ4v) is 2.31. The minimum absolute atomic E-state index is 0.0929. The molecule has 1 aromatic carbocycles. The summed E-state index contributed by atoms with van der Waals surface area (Å²) in [5.41, 5.74) is 8.34. The van der Waals surface area contributed by atoms with Crippen molar-refractivity contribution < 1.29 is 5.11 Å². The summed E-state index contributed by atoms with van der Waals surface area (Å²) in [6.45, 7) is 4.13. The van der Waals surface area contributed by atoms with Crippen LogP contribution in [-0.4, -0.2) is 30.3 Å². The van der Waals surface area contributed by atoms with E-state index in [0.29, 0.717) is 0 Å². The number of benzene rings is 1. The molecular formula is C14H22N2O. The van der Waals surface area contributed by atoms with Gasteiger partial charge in [0.05, 0.1) is 6.61 Å². The van der Waals surface area contributed by atoms with Gasteiger partial charge in [-0.15, -0.1) is 0 Å². The third kappa shape index (κ3) is 2.79. The average molecular weight is 234 g/mol. The van der Waals surface area contributed by atoms with E-state index in [4.69, 9.17) is 5.73 Å². The second-order valence-electron chi connectivity index (χ2n) is 5.03. The number of hydrogen-bond donors (Lipinski definition) is 2. The minimum Gasteiger partial charge on any atom is -0.394 e. The number of aryl methyl sites for hydroxylation is 1. The molecule has 1 fully saturated rings. The number of rotatable bonds is 3. The Morgan fingerprint density at radius 2 is 1.82 bits per heavy atom. The molecule has 3 heteroatoms. The first-order chi connectivity index (χ1) is 8.17. The fraction of sp³-hybridized carbons (Fsp3) is 0.571. The zero-order valence-electron chi connectivity index (χ0n) is 10.5. The molecule has 2 rings (SSSR count). The van der Waals surface area contributed by atoms with Crippen LogP contribution in [-0.2, 0) is 6.42 Å². The maximum atomic E-state index is 9.23. The number of aliphatic hydroxyl groups excluding tert-OH is 1. The topological polar surface area (TPSA) is 49.5 Å². The lowest BCUT2D eigenvalue weighted by Crippen LogP contribution is -2.52. The third-order valence-corrected chi connectivity index (χ3v) is 3.78. The highest BCUT2D eigenvalue weighted by molar-refractivity contribution is 5.48. The highest BCUT2D eigenvalue weighted by atomic mass is 16.3. The molecule has 0 aliphatic carbocycles. The number of nitrogens with zero attached hydrogens (tertiary/aromatic N) is 1. The van der Waals surface area contributed by atoms with Gasteiger partial charge in [-0.05, 0) is 37.0 Å². The van der Waals surface area contributed by atoms with Gasteiger partial charge < -0.3 is 15.7 Å². The van der Waals surface area contributed by atoms with Crippen LogP contribution >= 0.6 is 0 Å². The van der Waals surface area contributed by atoms with Crippen LogP contribution in [0.4, 0.5) is 5.69 Å². The number of aliphatic hydroxyl groups is 1. The van der Waals surface area contributed by atoms with Gasteiger partial charge in [-0.3, -0.25) is 0 Å². The molecule has 0 atom stereocenters. The summed E-state index contributed by atoms with van der Waals surface area (Å²) in [4.78, 5) is 2.35. The van der Waals surface area contributed by atoms with Gasteiger partial charge in [0.2, 0.25) is 0 Å². The van der Waals surface area contributed by atoms with E-state index < -0.39 is 0 Å². The van der Waals surface area contributed by atoms with E-state index in [9.17, 15) is 5.11 Å². The molecule has 0 radical (unpaired) electrons. The molecule has 1 aromatic rings. The monoisotopic (exact) mass is 234 g/mol. The Morgan fingerprint density at radius 3 is 2.29 bits per heavy atom. The number of nitrogens with two attached hydrogens (primary N) is 1. The van der Waals surface area contributed by atoms with Crippen molar-refractivity contribution >= 4 is 5.69 Å². The Balaban J connectivity index is 2.00. The quantitative estimate of drug-likeness (QED) is 0.834. The van der Waals surface area contributed by atoms with Crippen molar-refractivity contribution in [2.45, 2.75) is 31.7 Å². The van der Waals surface area contributed by atoms with Gasteiger partial charge in [0.15, 0.2) is 0 Å². The van der Waals surface area contributed by atoms with Gasteiger partial charge in [0.1, 0.15) is 0 Å². The van der Waals surface area contributed by atoms with Gasteiger partial charge in [-0.2, -0.15) is 0 Å². The molecule has 1 aliphatic rings. The molecule has 0 unspecified atom stereocenters. The molecule has 3 nitrogen and oxygen atoms in total. The lowest BCUT2D eigenvalue weighted by molar-refractivity contribution is 0.170. The van der Waals surface area contributed by atoms with Crippen LogP contribution in [0.25, 0.3) is 0 Å². The molecular weight excluding hydrogens is 212 g/mol. The van der Waals surface area contributed by atoms with E-state index in [0.717, 1.165) is 32.4 Å². The molecule has 1 saturated heterocycles. The van der Waals surface area contributed by atoms with E-state index in [1.54, 1.807) is 0 Å². The summed E-state index contributed by atoms with van der Waals surface area (Å²) in [6.07, 6.45) is 2.80. The summed E-state index contributed by atoms with van der Waals surface area (Å²) in [5, 5.41) is 9.23. The molecule has 0 bridgehead atoms. The van der Waals surface area contributed by atoms with Crippen molar-refractivity contribution in [1.82, 2.24) is 0 Å². The minimum atomic E-state index is -0.361. The summed E-state index contributed by atoms with van der Waals surface area (Å²) in [6, 6.07) is 8.74. The van der Waals surface area contributed by atoms with Crippen LogP contribution in [0.2, 0.25) is 0 Å². The molecule has 1 heterocycles. The summed E-state index contributed by atoms with van der Waals surface area (Å²) in [5.74, 6) is 0. The summed E-state index contributed by atoms with van der Waals surface area (Å²) in [7, 11) is 0. The molecule has 17 heavy (non-hydrogen) atoms. The Bertz CT molecular complexity index is 353. The molecule has 0 amide bonds. The van der Waals surface area contributed by atoms with E-state index in [1.165, 1.54) is 11.3 Å². The second-order valence-corrected chi connectivity index (χ2v) is 5.03. The zero-order valence-corrected chi connectivity index (χ0v) is 10.5. The van der Waals surface area contributed by atoms with Crippen LogP contribution in [0, 0.1) is 0 Å². The maximum absolute atomic E-state index is 9.23. The summed E-state index contributed by atoms with van der Waals surface area (Å²) < 4.78 is 0. The van der Waals surface area contributed by atoms with E-state index in [2.05, 4.69) is 36.1 Å². The van der Waals surface area contributed by atoms with Crippen LogP contribution in [0.3, 0.4) is 0 Å².